The molecule has 1 aromatic heterocycles. The fourth-order valence-corrected chi connectivity index (χ4v) is 4.22. The summed E-state index contributed by atoms with van der Waals surface area (Å²) in [7, 11) is 0. The van der Waals surface area contributed by atoms with Crippen LogP contribution < -0.4 is 10.6 Å². The van der Waals surface area contributed by atoms with Crippen molar-refractivity contribution in [2.24, 2.45) is 11.8 Å². The van der Waals surface area contributed by atoms with Crippen LogP contribution >= 0.6 is 0 Å². The Labute approximate surface area is 174 Å². The number of aliphatic hydroxyl groups is 2. The van der Waals surface area contributed by atoms with Gasteiger partial charge in [0.05, 0.1) is 11.7 Å². The molecule has 30 heavy (non-hydrogen) atoms. The Morgan fingerprint density at radius 3 is 2.40 bits per heavy atom. The van der Waals surface area contributed by atoms with Crippen molar-refractivity contribution in [2.45, 2.75) is 25.2 Å². The summed E-state index contributed by atoms with van der Waals surface area (Å²) in [5.74, 6) is -0.627. The van der Waals surface area contributed by atoms with Crippen molar-refractivity contribution in [2.75, 3.05) is 26.2 Å². The van der Waals surface area contributed by atoms with E-state index in [9.17, 15) is 19.8 Å². The molecule has 2 fully saturated rings. The van der Waals surface area contributed by atoms with Crippen LogP contribution in [0.4, 0.5) is 0 Å². The first-order valence-corrected chi connectivity index (χ1v) is 10.2. The highest BCUT2D eigenvalue weighted by Crippen LogP contribution is 2.27. The van der Waals surface area contributed by atoms with E-state index in [1.165, 1.54) is 0 Å². The first-order chi connectivity index (χ1) is 14.4. The zero-order valence-corrected chi connectivity index (χ0v) is 16.8. The van der Waals surface area contributed by atoms with Crippen LogP contribution in [0.2, 0.25) is 0 Å². The van der Waals surface area contributed by atoms with E-state index in [-0.39, 0.29) is 0 Å². The minimum absolute atomic E-state index is 0.372. The molecule has 2 aliphatic rings. The highest BCUT2D eigenvalue weighted by Gasteiger charge is 2.42. The van der Waals surface area contributed by atoms with Crippen molar-refractivity contribution in [3.8, 4) is 5.69 Å². The van der Waals surface area contributed by atoms with Gasteiger partial charge in [-0.25, -0.2) is 4.68 Å². The van der Waals surface area contributed by atoms with Crippen LogP contribution in [-0.2, 0) is 9.59 Å². The van der Waals surface area contributed by atoms with E-state index in [2.05, 4.69) is 15.7 Å². The molecule has 0 bridgehead atoms. The summed E-state index contributed by atoms with van der Waals surface area (Å²) >= 11 is 0. The Kier molecular flexibility index (Phi) is 5.85. The molecule has 0 radical (unpaired) electrons. The summed E-state index contributed by atoms with van der Waals surface area (Å²) in [5, 5.41) is 30.6. The molecule has 9 heteroatoms. The van der Waals surface area contributed by atoms with Crippen molar-refractivity contribution in [3.63, 3.8) is 0 Å². The number of rotatable bonds is 6. The van der Waals surface area contributed by atoms with E-state index in [1.807, 2.05) is 36.5 Å². The second-order valence-electron chi connectivity index (χ2n) is 8.08. The SMILES string of the molecule is C[C@@H](NC(=O)[C@H](O)[C@@H](O)C(=O)N1CC2CNCC2C1)c1ccc(-n2cccn2)cc1. The van der Waals surface area contributed by atoms with Crippen LogP contribution in [-0.4, -0.2) is 75.1 Å². The van der Waals surface area contributed by atoms with E-state index < -0.39 is 30.1 Å². The van der Waals surface area contributed by atoms with E-state index >= 15 is 0 Å². The van der Waals surface area contributed by atoms with Gasteiger partial charge in [-0.15, -0.1) is 0 Å². The average molecular weight is 413 g/mol. The zero-order valence-electron chi connectivity index (χ0n) is 16.8. The molecule has 0 spiro atoms. The number of hydrogen-bond acceptors (Lipinski definition) is 6. The van der Waals surface area contributed by atoms with E-state index in [0.717, 1.165) is 24.3 Å². The third-order valence-electron chi connectivity index (χ3n) is 6.04. The van der Waals surface area contributed by atoms with Crippen LogP contribution in [0.3, 0.4) is 0 Å². The monoisotopic (exact) mass is 413 g/mol. The fourth-order valence-electron chi connectivity index (χ4n) is 4.22. The molecule has 0 saturated carbocycles. The molecule has 5 atom stereocenters. The van der Waals surface area contributed by atoms with Crippen LogP contribution in [0.25, 0.3) is 5.69 Å². The standard InChI is InChI=1S/C21H27N5O4/c1-13(14-3-5-17(6-4-14)26-8-2-7-23-26)24-20(29)18(27)19(28)21(30)25-11-15-9-22-10-16(15)12-25/h2-8,13,15-16,18-19,22,27-28H,9-12H2,1H3,(H,24,29)/t13-,15?,16?,18-,19-/m1/s1. The Morgan fingerprint density at radius 2 is 1.80 bits per heavy atom. The lowest BCUT2D eigenvalue weighted by Crippen LogP contribution is -2.51. The van der Waals surface area contributed by atoms with Gasteiger partial charge in [0.15, 0.2) is 12.2 Å². The van der Waals surface area contributed by atoms with Crippen molar-refractivity contribution < 1.29 is 19.8 Å². The third kappa shape index (κ3) is 4.09. The first-order valence-electron chi connectivity index (χ1n) is 10.2. The van der Waals surface area contributed by atoms with Gasteiger partial charge in [-0.2, -0.15) is 5.10 Å². The molecule has 2 unspecified atom stereocenters. The minimum atomic E-state index is -1.82. The summed E-state index contributed by atoms with van der Waals surface area (Å²) in [6.07, 6.45) is -0.0668. The molecular weight excluding hydrogens is 386 g/mol. The van der Waals surface area contributed by atoms with Gasteiger partial charge in [-0.1, -0.05) is 12.1 Å². The molecule has 160 valence electrons. The van der Waals surface area contributed by atoms with Gasteiger partial charge in [0.25, 0.3) is 11.8 Å². The molecule has 4 N–H and O–H groups in total. The van der Waals surface area contributed by atoms with Gasteiger partial charge in [-0.05, 0) is 42.5 Å². The van der Waals surface area contributed by atoms with Crippen molar-refractivity contribution in [3.05, 3.63) is 48.3 Å². The Bertz CT molecular complexity index is 873. The molecule has 2 saturated heterocycles. The Morgan fingerprint density at radius 1 is 1.13 bits per heavy atom. The van der Waals surface area contributed by atoms with Gasteiger partial charge in [0, 0.05) is 38.6 Å². The smallest absolute Gasteiger partial charge is 0.254 e. The fraction of sp³-hybridized carbons (Fsp3) is 0.476. The maximum absolute atomic E-state index is 12.5. The number of carbonyl (C=O) groups is 2. The van der Waals surface area contributed by atoms with Gasteiger partial charge in [0.2, 0.25) is 0 Å². The summed E-state index contributed by atoms with van der Waals surface area (Å²) in [6.45, 7) is 4.56. The van der Waals surface area contributed by atoms with Gasteiger partial charge < -0.3 is 25.7 Å². The maximum atomic E-state index is 12.5. The molecule has 0 aliphatic carbocycles. The number of aliphatic hydroxyl groups excluding tert-OH is 2. The number of aromatic nitrogens is 2. The van der Waals surface area contributed by atoms with Crippen molar-refractivity contribution in [1.29, 1.82) is 0 Å². The summed E-state index contributed by atoms with van der Waals surface area (Å²) in [5.41, 5.74) is 1.71. The molecule has 2 aliphatic heterocycles. The highest BCUT2D eigenvalue weighted by molar-refractivity contribution is 5.91. The lowest BCUT2D eigenvalue weighted by Gasteiger charge is -2.24. The second-order valence-corrected chi connectivity index (χ2v) is 8.08. The summed E-state index contributed by atoms with van der Waals surface area (Å²) in [6, 6.07) is 8.88. The number of hydrogen-bond donors (Lipinski definition) is 4. The number of amides is 2. The molecule has 4 rings (SSSR count). The van der Waals surface area contributed by atoms with Gasteiger partial charge >= 0.3 is 0 Å². The number of carbonyl (C=O) groups excluding carboxylic acids is 2. The largest absolute Gasteiger partial charge is 0.380 e. The first kappa shape index (κ1) is 20.5. The molecular formula is C21H27N5O4. The lowest BCUT2D eigenvalue weighted by atomic mass is 10.0. The number of benzene rings is 1. The molecule has 9 nitrogen and oxygen atoms in total. The van der Waals surface area contributed by atoms with Crippen LogP contribution in [0, 0.1) is 11.8 Å². The quantitative estimate of drug-likeness (QED) is 0.505. The predicted molar refractivity (Wildman–Crippen MR) is 109 cm³/mol. The van der Waals surface area contributed by atoms with Crippen LogP contribution in [0.5, 0.6) is 0 Å². The van der Waals surface area contributed by atoms with E-state index in [1.54, 1.807) is 22.7 Å². The average Bonchev–Trinajstić information content (AvgIpc) is 3.49. The number of nitrogens with zero attached hydrogens (tertiary/aromatic N) is 3. The minimum Gasteiger partial charge on any atom is -0.380 e. The normalized spacial score (nSPS) is 23.6. The molecule has 1 aromatic carbocycles. The molecule has 3 heterocycles. The predicted octanol–water partition coefficient (Wildman–Crippen LogP) is -0.551. The van der Waals surface area contributed by atoms with Crippen LogP contribution in [0.1, 0.15) is 18.5 Å². The van der Waals surface area contributed by atoms with Crippen LogP contribution in [0.15, 0.2) is 42.7 Å². The molecule has 2 aromatic rings. The topological polar surface area (TPSA) is 120 Å². The number of nitrogens with one attached hydrogen (secondary N) is 2. The van der Waals surface area contributed by atoms with E-state index in [4.69, 9.17) is 0 Å². The number of likely N-dealkylation sites (tertiary alicyclic amines) is 1. The summed E-state index contributed by atoms with van der Waals surface area (Å²) in [4.78, 5) is 26.5. The van der Waals surface area contributed by atoms with E-state index in [0.29, 0.717) is 24.9 Å². The Hall–Kier alpha value is -2.75. The van der Waals surface area contributed by atoms with Gasteiger partial charge in [-0.3, -0.25) is 9.59 Å². The third-order valence-corrected chi connectivity index (χ3v) is 6.04. The second kappa shape index (κ2) is 8.55. The van der Waals surface area contributed by atoms with Crippen molar-refractivity contribution >= 4 is 11.8 Å². The summed E-state index contributed by atoms with van der Waals surface area (Å²) < 4.78 is 1.72. The maximum Gasteiger partial charge on any atom is 0.254 e. The van der Waals surface area contributed by atoms with Gasteiger partial charge in [0.1, 0.15) is 0 Å². The zero-order chi connectivity index (χ0) is 21.3. The highest BCUT2D eigenvalue weighted by atomic mass is 16.3. The number of fused-ring (bicyclic) bond motifs is 1. The lowest BCUT2D eigenvalue weighted by molar-refractivity contribution is -0.152. The molecule has 2 amide bonds. The Balaban J connectivity index is 1.32. The van der Waals surface area contributed by atoms with Crippen molar-refractivity contribution in [1.82, 2.24) is 25.3 Å².